The van der Waals surface area contributed by atoms with E-state index in [4.69, 9.17) is 28.2 Å². The summed E-state index contributed by atoms with van der Waals surface area (Å²) in [5.41, 5.74) is 1.83. The van der Waals surface area contributed by atoms with E-state index in [-0.39, 0.29) is 23.0 Å². The number of non-ortho nitro benzene ring substituents is 1. The van der Waals surface area contributed by atoms with E-state index >= 15 is 0 Å². The molecule has 11 heteroatoms. The Bertz CT molecular complexity index is 1300. The molecule has 1 fully saturated rings. The Morgan fingerprint density at radius 3 is 2.61 bits per heavy atom. The molecule has 2 heterocycles. The van der Waals surface area contributed by atoms with Crippen molar-refractivity contribution < 1.29 is 19.2 Å². The zero-order valence-corrected chi connectivity index (χ0v) is 21.1. The van der Waals surface area contributed by atoms with E-state index in [0.717, 1.165) is 25.9 Å². The lowest BCUT2D eigenvalue weighted by Gasteiger charge is -2.33. The number of furan rings is 1. The number of hydrogen-bond donors (Lipinski definition) is 3. The highest BCUT2D eigenvalue weighted by Crippen LogP contribution is 2.32. The van der Waals surface area contributed by atoms with Gasteiger partial charge in [-0.2, -0.15) is 0 Å². The normalized spacial score (nSPS) is 13.9. The average Bonchev–Trinajstić information content (AvgIpc) is 3.33. The SMILES string of the molecule is CC1CCN(c2ccc([N+](=O)[O-])cc2C(=O)NC(=S)Nc2ccc(-c3ccc(CO)o3)c(Cl)c2)CC1. The molecule has 0 bridgehead atoms. The molecule has 36 heavy (non-hydrogen) atoms. The van der Waals surface area contributed by atoms with Gasteiger partial charge in [0.25, 0.3) is 11.6 Å². The minimum atomic E-state index is -0.542. The lowest BCUT2D eigenvalue weighted by Crippen LogP contribution is -2.37. The molecule has 0 spiro atoms. The fourth-order valence-corrected chi connectivity index (χ4v) is 4.56. The van der Waals surface area contributed by atoms with Gasteiger partial charge in [0.05, 0.1) is 21.2 Å². The Labute approximate surface area is 218 Å². The number of amides is 1. The summed E-state index contributed by atoms with van der Waals surface area (Å²) in [6, 6.07) is 12.8. The molecule has 0 radical (unpaired) electrons. The Balaban J connectivity index is 1.49. The van der Waals surface area contributed by atoms with Gasteiger partial charge in [-0.25, -0.2) is 0 Å². The third-order valence-electron chi connectivity index (χ3n) is 6.10. The maximum atomic E-state index is 13.1. The second-order valence-corrected chi connectivity index (χ2v) is 9.47. The van der Waals surface area contributed by atoms with Crippen LogP contribution in [0.5, 0.6) is 0 Å². The van der Waals surface area contributed by atoms with Gasteiger partial charge in [-0.15, -0.1) is 0 Å². The monoisotopic (exact) mass is 528 g/mol. The molecule has 1 aliphatic rings. The first kappa shape index (κ1) is 25.6. The molecule has 4 rings (SSSR count). The molecular weight excluding hydrogens is 504 g/mol. The third kappa shape index (κ3) is 5.84. The zero-order chi connectivity index (χ0) is 25.8. The number of thiocarbonyl (C=S) groups is 1. The number of rotatable bonds is 6. The van der Waals surface area contributed by atoms with Gasteiger partial charge in [0, 0.05) is 36.5 Å². The third-order valence-corrected chi connectivity index (χ3v) is 6.61. The Morgan fingerprint density at radius 1 is 1.22 bits per heavy atom. The van der Waals surface area contributed by atoms with Crippen LogP contribution in [0.2, 0.25) is 5.02 Å². The molecule has 1 saturated heterocycles. The summed E-state index contributed by atoms with van der Waals surface area (Å²) in [7, 11) is 0. The lowest BCUT2D eigenvalue weighted by atomic mass is 9.98. The van der Waals surface area contributed by atoms with Crippen LogP contribution in [0.15, 0.2) is 52.9 Å². The summed E-state index contributed by atoms with van der Waals surface area (Å²) in [6.45, 7) is 3.50. The number of nitrogens with zero attached hydrogens (tertiary/aromatic N) is 2. The number of nitrogens with one attached hydrogen (secondary N) is 2. The predicted molar refractivity (Wildman–Crippen MR) is 142 cm³/mol. The molecule has 0 unspecified atom stereocenters. The Morgan fingerprint density at radius 2 is 1.97 bits per heavy atom. The van der Waals surface area contributed by atoms with Gasteiger partial charge in [-0.1, -0.05) is 18.5 Å². The predicted octanol–water partition coefficient (Wildman–Crippen LogP) is 5.36. The van der Waals surface area contributed by atoms with Crippen molar-refractivity contribution in [3.05, 3.63) is 75.0 Å². The summed E-state index contributed by atoms with van der Waals surface area (Å²) in [6.07, 6.45) is 1.96. The number of aliphatic hydroxyl groups is 1. The number of carbonyl (C=O) groups excluding carboxylic acids is 1. The largest absolute Gasteiger partial charge is 0.459 e. The topological polar surface area (TPSA) is 121 Å². The van der Waals surface area contributed by atoms with Crippen molar-refractivity contribution in [2.24, 2.45) is 5.92 Å². The molecule has 1 amide bonds. The molecule has 1 aromatic heterocycles. The van der Waals surface area contributed by atoms with Crippen LogP contribution < -0.4 is 15.5 Å². The van der Waals surface area contributed by atoms with E-state index < -0.39 is 10.8 Å². The molecule has 0 atom stereocenters. The second-order valence-electron chi connectivity index (χ2n) is 8.66. The van der Waals surface area contributed by atoms with Crippen molar-refractivity contribution in [2.45, 2.75) is 26.4 Å². The molecule has 0 aliphatic carbocycles. The van der Waals surface area contributed by atoms with Crippen LogP contribution in [0.25, 0.3) is 11.3 Å². The first-order valence-corrected chi connectivity index (χ1v) is 12.2. The van der Waals surface area contributed by atoms with E-state index in [1.165, 1.54) is 12.1 Å². The number of nitro benzene ring substituents is 1. The minimum Gasteiger partial charge on any atom is -0.459 e. The van der Waals surface area contributed by atoms with E-state index in [9.17, 15) is 20.0 Å². The van der Waals surface area contributed by atoms with Crippen LogP contribution >= 0.6 is 23.8 Å². The zero-order valence-electron chi connectivity index (χ0n) is 19.5. The summed E-state index contributed by atoms with van der Waals surface area (Å²) >= 11 is 11.7. The quantitative estimate of drug-likeness (QED) is 0.222. The van der Waals surface area contributed by atoms with Crippen molar-refractivity contribution in [1.29, 1.82) is 0 Å². The van der Waals surface area contributed by atoms with E-state index in [1.807, 2.05) is 0 Å². The number of halogens is 1. The number of anilines is 2. The van der Waals surface area contributed by atoms with E-state index in [0.29, 0.717) is 39.4 Å². The molecule has 9 nitrogen and oxygen atoms in total. The van der Waals surface area contributed by atoms with Crippen LogP contribution in [0.3, 0.4) is 0 Å². The average molecular weight is 529 g/mol. The van der Waals surface area contributed by atoms with Crippen molar-refractivity contribution in [3.63, 3.8) is 0 Å². The second kappa shape index (κ2) is 11.1. The highest BCUT2D eigenvalue weighted by Gasteiger charge is 2.24. The van der Waals surface area contributed by atoms with Crippen LogP contribution in [0, 0.1) is 16.0 Å². The summed E-state index contributed by atoms with van der Waals surface area (Å²) < 4.78 is 5.53. The van der Waals surface area contributed by atoms with E-state index in [2.05, 4.69) is 22.5 Å². The minimum absolute atomic E-state index is 0.0223. The first-order chi connectivity index (χ1) is 17.2. The number of benzene rings is 2. The number of nitro groups is 1. The number of piperidine rings is 1. The summed E-state index contributed by atoms with van der Waals surface area (Å²) in [5, 5.41) is 26.5. The van der Waals surface area contributed by atoms with Gasteiger partial charge in [-0.05, 0) is 67.4 Å². The van der Waals surface area contributed by atoms with Crippen molar-refractivity contribution in [3.8, 4) is 11.3 Å². The van der Waals surface area contributed by atoms with Crippen molar-refractivity contribution >= 4 is 51.9 Å². The van der Waals surface area contributed by atoms with Gasteiger partial charge >= 0.3 is 0 Å². The van der Waals surface area contributed by atoms with Crippen LogP contribution in [-0.4, -0.2) is 34.1 Å². The van der Waals surface area contributed by atoms with Gasteiger partial charge in [0.1, 0.15) is 18.1 Å². The van der Waals surface area contributed by atoms with Gasteiger partial charge < -0.3 is 19.7 Å². The molecule has 3 aromatic rings. The van der Waals surface area contributed by atoms with Crippen LogP contribution in [-0.2, 0) is 6.61 Å². The summed E-state index contributed by atoms with van der Waals surface area (Å²) in [4.78, 5) is 26.0. The first-order valence-electron chi connectivity index (χ1n) is 11.4. The van der Waals surface area contributed by atoms with Crippen LogP contribution in [0.1, 0.15) is 35.9 Å². The molecule has 3 N–H and O–H groups in total. The maximum Gasteiger partial charge on any atom is 0.270 e. The molecule has 188 valence electrons. The standard InChI is InChI=1S/C25H25ClN4O5S/c1-15-8-10-29(11-9-15)22-6-3-17(30(33)34)13-20(22)24(32)28-25(36)27-16-2-5-19(21(26)12-16)23-7-4-18(14-31)35-23/h2-7,12-13,15,31H,8-11,14H2,1H3,(H2,27,28,32,36). The molecule has 1 aliphatic heterocycles. The smallest absolute Gasteiger partial charge is 0.270 e. The maximum absolute atomic E-state index is 13.1. The fourth-order valence-electron chi connectivity index (χ4n) is 4.08. The highest BCUT2D eigenvalue weighted by molar-refractivity contribution is 7.80. The number of carbonyl (C=O) groups is 1. The van der Waals surface area contributed by atoms with E-state index in [1.54, 1.807) is 36.4 Å². The summed E-state index contributed by atoms with van der Waals surface area (Å²) in [5.74, 6) is 0.985. The van der Waals surface area contributed by atoms with Gasteiger partial charge in [0.2, 0.25) is 0 Å². The molecule has 0 saturated carbocycles. The van der Waals surface area contributed by atoms with Crippen molar-refractivity contribution in [2.75, 3.05) is 23.3 Å². The van der Waals surface area contributed by atoms with Crippen molar-refractivity contribution in [1.82, 2.24) is 5.32 Å². The molecular formula is C25H25ClN4O5S. The Hall–Kier alpha value is -3.47. The number of aliphatic hydroxyl groups excluding tert-OH is 1. The lowest BCUT2D eigenvalue weighted by molar-refractivity contribution is -0.384. The van der Waals surface area contributed by atoms with Crippen LogP contribution in [0.4, 0.5) is 17.1 Å². The fraction of sp³-hybridized carbons (Fsp3) is 0.280. The van der Waals surface area contributed by atoms with Gasteiger partial charge in [-0.3, -0.25) is 20.2 Å². The van der Waals surface area contributed by atoms with Gasteiger partial charge in [0.15, 0.2) is 5.11 Å². The Kier molecular flexibility index (Phi) is 7.88. The molecule has 2 aromatic carbocycles. The highest BCUT2D eigenvalue weighted by atomic mass is 35.5. The number of hydrogen-bond acceptors (Lipinski definition) is 7.